The van der Waals surface area contributed by atoms with Crippen LogP contribution >= 0.6 is 11.9 Å². The van der Waals surface area contributed by atoms with Gasteiger partial charge in [-0.3, -0.25) is 4.72 Å². The molecule has 0 spiro atoms. The second-order valence-corrected chi connectivity index (χ2v) is 4.49. The molecule has 70 valence electrons. The maximum Gasteiger partial charge on any atom is 0.0894 e. The summed E-state index contributed by atoms with van der Waals surface area (Å²) in [5.41, 5.74) is 3.02. The third-order valence-corrected chi connectivity index (χ3v) is 3.59. The standard InChI is InChI=1S/C9H18N2S/c1-6-5-11-9(12-10-4)8(3)7(6)2/h6,9-11H,5H2,1-4H3. The minimum absolute atomic E-state index is 0.464. The minimum atomic E-state index is 0.464. The molecule has 1 rings (SSSR count). The Balaban J connectivity index is 2.69. The Morgan fingerprint density at radius 3 is 2.67 bits per heavy atom. The Morgan fingerprint density at radius 1 is 1.42 bits per heavy atom. The van der Waals surface area contributed by atoms with Gasteiger partial charge in [-0.1, -0.05) is 24.4 Å². The Bertz CT molecular complexity index is 189. The number of rotatable bonds is 2. The van der Waals surface area contributed by atoms with Crippen LogP contribution in [0, 0.1) is 5.92 Å². The van der Waals surface area contributed by atoms with E-state index in [9.17, 15) is 0 Å². The van der Waals surface area contributed by atoms with Gasteiger partial charge >= 0.3 is 0 Å². The van der Waals surface area contributed by atoms with Crippen LogP contribution < -0.4 is 10.0 Å². The van der Waals surface area contributed by atoms with Gasteiger partial charge in [-0.15, -0.1) is 0 Å². The Hall–Kier alpha value is 0.0100. The van der Waals surface area contributed by atoms with E-state index in [1.807, 2.05) is 7.05 Å². The maximum absolute atomic E-state index is 3.49. The van der Waals surface area contributed by atoms with Crippen molar-refractivity contribution in [3.8, 4) is 0 Å². The number of nitrogens with one attached hydrogen (secondary N) is 2. The average molecular weight is 186 g/mol. The minimum Gasteiger partial charge on any atom is -0.300 e. The highest BCUT2D eigenvalue weighted by atomic mass is 32.2. The third kappa shape index (κ3) is 2.03. The van der Waals surface area contributed by atoms with E-state index in [0.29, 0.717) is 11.3 Å². The summed E-state index contributed by atoms with van der Waals surface area (Å²) >= 11 is 1.75. The van der Waals surface area contributed by atoms with Crippen LogP contribution in [0.25, 0.3) is 0 Å². The average Bonchev–Trinajstić information content (AvgIpc) is 2.07. The SMILES string of the molecule is CNSC1NCC(C)C(C)=C1C. The molecule has 0 aliphatic carbocycles. The number of hydrogen-bond acceptors (Lipinski definition) is 3. The first-order chi connectivity index (χ1) is 5.66. The van der Waals surface area contributed by atoms with Crippen LogP contribution in [-0.4, -0.2) is 19.0 Å². The van der Waals surface area contributed by atoms with E-state index in [1.165, 1.54) is 5.57 Å². The molecule has 12 heavy (non-hydrogen) atoms. The fourth-order valence-electron chi connectivity index (χ4n) is 1.43. The van der Waals surface area contributed by atoms with Gasteiger partial charge in [0.1, 0.15) is 0 Å². The molecule has 0 aromatic rings. The molecule has 0 aromatic carbocycles. The predicted octanol–water partition coefficient (Wildman–Crippen LogP) is 1.76. The molecule has 0 fully saturated rings. The predicted molar refractivity (Wildman–Crippen MR) is 56.0 cm³/mol. The summed E-state index contributed by atoms with van der Waals surface area (Å²) in [5, 5.41) is 3.96. The van der Waals surface area contributed by atoms with Crippen LogP contribution in [0.2, 0.25) is 0 Å². The fraction of sp³-hybridized carbons (Fsp3) is 0.778. The topological polar surface area (TPSA) is 24.1 Å². The zero-order valence-electron chi connectivity index (χ0n) is 8.27. The molecule has 0 radical (unpaired) electrons. The van der Waals surface area contributed by atoms with Crippen LogP contribution in [0.5, 0.6) is 0 Å². The van der Waals surface area contributed by atoms with E-state index in [4.69, 9.17) is 0 Å². The van der Waals surface area contributed by atoms with Gasteiger partial charge in [-0.25, -0.2) is 0 Å². The molecule has 0 saturated heterocycles. The molecule has 2 nitrogen and oxygen atoms in total. The molecule has 0 bridgehead atoms. The number of hydrogen-bond donors (Lipinski definition) is 2. The van der Waals surface area contributed by atoms with Gasteiger partial charge in [0.15, 0.2) is 0 Å². The van der Waals surface area contributed by atoms with Gasteiger partial charge in [-0.2, -0.15) is 0 Å². The van der Waals surface area contributed by atoms with Crippen molar-refractivity contribution >= 4 is 11.9 Å². The monoisotopic (exact) mass is 186 g/mol. The summed E-state index contributed by atoms with van der Waals surface area (Å²) in [6.07, 6.45) is 0. The maximum atomic E-state index is 3.49. The van der Waals surface area contributed by atoms with Gasteiger partial charge < -0.3 is 5.32 Å². The summed E-state index contributed by atoms with van der Waals surface area (Å²) in [6.45, 7) is 7.83. The van der Waals surface area contributed by atoms with Crippen LogP contribution in [0.3, 0.4) is 0 Å². The lowest BCUT2D eigenvalue weighted by molar-refractivity contribution is 0.533. The highest BCUT2D eigenvalue weighted by molar-refractivity contribution is 7.98. The van der Waals surface area contributed by atoms with Crippen LogP contribution in [0.15, 0.2) is 11.1 Å². The van der Waals surface area contributed by atoms with Crippen LogP contribution in [0.4, 0.5) is 0 Å². The summed E-state index contributed by atoms with van der Waals surface area (Å²) in [4.78, 5) is 0. The molecule has 1 heterocycles. The second kappa shape index (κ2) is 4.30. The van der Waals surface area contributed by atoms with E-state index in [0.717, 1.165) is 6.54 Å². The van der Waals surface area contributed by atoms with E-state index >= 15 is 0 Å². The van der Waals surface area contributed by atoms with Gasteiger partial charge in [0.25, 0.3) is 0 Å². The van der Waals surface area contributed by atoms with Crippen molar-refractivity contribution in [3.63, 3.8) is 0 Å². The van der Waals surface area contributed by atoms with Crippen molar-refractivity contribution in [3.05, 3.63) is 11.1 Å². The quantitative estimate of drug-likeness (QED) is 0.507. The van der Waals surface area contributed by atoms with Gasteiger partial charge in [0, 0.05) is 6.54 Å². The smallest absolute Gasteiger partial charge is 0.0894 e. The normalized spacial score (nSPS) is 31.0. The van der Waals surface area contributed by atoms with Crippen molar-refractivity contribution in [2.75, 3.05) is 13.6 Å². The van der Waals surface area contributed by atoms with Crippen molar-refractivity contribution in [2.24, 2.45) is 5.92 Å². The molecule has 0 amide bonds. The highest BCUT2D eigenvalue weighted by Gasteiger charge is 2.21. The van der Waals surface area contributed by atoms with E-state index in [2.05, 4.69) is 30.8 Å². The molecule has 2 unspecified atom stereocenters. The molecular formula is C9H18N2S. The molecule has 0 saturated carbocycles. The zero-order valence-corrected chi connectivity index (χ0v) is 9.09. The third-order valence-electron chi connectivity index (χ3n) is 2.60. The van der Waals surface area contributed by atoms with E-state index in [1.54, 1.807) is 17.5 Å². The van der Waals surface area contributed by atoms with Crippen LogP contribution in [-0.2, 0) is 0 Å². The zero-order chi connectivity index (χ0) is 9.14. The van der Waals surface area contributed by atoms with Crippen molar-refractivity contribution in [1.29, 1.82) is 0 Å². The van der Waals surface area contributed by atoms with E-state index in [-0.39, 0.29) is 0 Å². The summed E-state index contributed by atoms with van der Waals surface area (Å²) in [6, 6.07) is 0. The summed E-state index contributed by atoms with van der Waals surface area (Å²) in [7, 11) is 1.97. The first-order valence-electron chi connectivity index (χ1n) is 4.40. The lowest BCUT2D eigenvalue weighted by Crippen LogP contribution is -2.38. The van der Waals surface area contributed by atoms with Crippen LogP contribution in [0.1, 0.15) is 20.8 Å². The fourth-order valence-corrected chi connectivity index (χ4v) is 2.21. The summed E-state index contributed by atoms with van der Waals surface area (Å²) < 4.78 is 3.12. The molecule has 3 heteroatoms. The van der Waals surface area contributed by atoms with Crippen molar-refractivity contribution < 1.29 is 0 Å². The molecule has 1 aliphatic heterocycles. The Labute approximate surface area is 79.3 Å². The largest absolute Gasteiger partial charge is 0.300 e. The van der Waals surface area contributed by atoms with Crippen molar-refractivity contribution in [2.45, 2.75) is 26.1 Å². The second-order valence-electron chi connectivity index (χ2n) is 3.38. The van der Waals surface area contributed by atoms with Gasteiger partial charge in [-0.05, 0) is 32.4 Å². The first-order valence-corrected chi connectivity index (χ1v) is 5.27. The first kappa shape index (κ1) is 10.1. The van der Waals surface area contributed by atoms with Gasteiger partial charge in [0.05, 0.1) is 5.37 Å². The molecule has 2 N–H and O–H groups in total. The summed E-state index contributed by atoms with van der Waals surface area (Å²) in [5.74, 6) is 0.693. The lowest BCUT2D eigenvalue weighted by atomic mass is 9.94. The molecule has 2 atom stereocenters. The van der Waals surface area contributed by atoms with E-state index < -0.39 is 0 Å². The lowest BCUT2D eigenvalue weighted by Gasteiger charge is -2.29. The molecular weight excluding hydrogens is 168 g/mol. The Morgan fingerprint density at radius 2 is 2.08 bits per heavy atom. The Kier molecular flexibility index (Phi) is 3.62. The highest BCUT2D eigenvalue weighted by Crippen LogP contribution is 2.25. The molecule has 1 aliphatic rings. The van der Waals surface area contributed by atoms with Gasteiger partial charge in [0.2, 0.25) is 0 Å². The van der Waals surface area contributed by atoms with Crippen molar-refractivity contribution in [1.82, 2.24) is 10.0 Å². The molecule has 0 aromatic heterocycles.